The summed E-state index contributed by atoms with van der Waals surface area (Å²) in [5, 5.41) is 14.0. The molecule has 410 valence electrons. The summed E-state index contributed by atoms with van der Waals surface area (Å²) >= 11 is 0. The van der Waals surface area contributed by atoms with Gasteiger partial charge in [0.25, 0.3) is 7.82 Å². The molecule has 0 bridgehead atoms. The van der Waals surface area contributed by atoms with Gasteiger partial charge in [-0.05, 0) is 44.9 Å². The summed E-state index contributed by atoms with van der Waals surface area (Å²) in [6.45, 7) is 4.76. The van der Waals surface area contributed by atoms with Crippen LogP contribution >= 0.6 is 7.82 Å². The Morgan fingerprint density at radius 2 is 0.841 bits per heavy atom. The van der Waals surface area contributed by atoms with Gasteiger partial charge in [0.2, 0.25) is 5.91 Å². The first-order valence-electron chi connectivity index (χ1n) is 30.2. The number of hydrogen-bond donors (Lipinski definition) is 2. The minimum absolute atomic E-state index is 0.0140. The second kappa shape index (κ2) is 51.9. The molecule has 0 fully saturated rings. The summed E-state index contributed by atoms with van der Waals surface area (Å²) in [6.07, 6.45) is 65.0. The number of aliphatic hydroxyl groups is 1. The number of phosphoric ester groups is 1. The van der Waals surface area contributed by atoms with Gasteiger partial charge in [-0.1, -0.05) is 276 Å². The zero-order chi connectivity index (χ0) is 50.6. The number of unbranched alkanes of at least 4 members (excludes halogenated alkanes) is 39. The molecule has 0 heterocycles. The van der Waals surface area contributed by atoms with E-state index in [1.54, 1.807) is 0 Å². The number of hydrogen-bond acceptors (Lipinski definition) is 6. The first-order chi connectivity index (χ1) is 33.5. The number of likely N-dealkylation sites (N-methyl/N-ethyl adjacent to an activating group) is 1. The Balaban J connectivity index is 4.04. The van der Waals surface area contributed by atoms with Gasteiger partial charge >= 0.3 is 0 Å². The van der Waals surface area contributed by atoms with Gasteiger partial charge in [-0.15, -0.1) is 0 Å². The molecular weight excluding hydrogens is 876 g/mol. The van der Waals surface area contributed by atoms with Gasteiger partial charge in [-0.25, -0.2) is 0 Å². The fraction of sp³-hybridized carbons (Fsp3) is 0.917. The van der Waals surface area contributed by atoms with E-state index in [-0.39, 0.29) is 19.1 Å². The highest BCUT2D eigenvalue weighted by molar-refractivity contribution is 7.45. The third kappa shape index (κ3) is 54.6. The maximum Gasteiger partial charge on any atom is 0.268 e. The van der Waals surface area contributed by atoms with Crippen LogP contribution in [-0.4, -0.2) is 68.5 Å². The van der Waals surface area contributed by atoms with Gasteiger partial charge in [0.15, 0.2) is 0 Å². The number of carbonyl (C=O) groups is 1. The molecule has 2 N–H and O–H groups in total. The molecule has 0 radical (unpaired) electrons. The van der Waals surface area contributed by atoms with Crippen LogP contribution in [0.4, 0.5) is 0 Å². The molecule has 0 aliphatic rings. The minimum atomic E-state index is -4.57. The fourth-order valence-electron chi connectivity index (χ4n) is 9.19. The maximum absolute atomic E-state index is 13.0. The normalized spacial score (nSPS) is 14.0. The summed E-state index contributed by atoms with van der Waals surface area (Å²) in [7, 11) is 1.32. The number of phosphoric acid groups is 1. The van der Waals surface area contributed by atoms with Crippen molar-refractivity contribution < 1.29 is 32.9 Å². The largest absolute Gasteiger partial charge is 0.756 e. The second-order valence-corrected chi connectivity index (χ2v) is 23.5. The summed E-state index contributed by atoms with van der Waals surface area (Å²) in [5.74, 6) is -0.160. The number of amides is 1. The number of nitrogens with one attached hydrogen (secondary N) is 1. The van der Waals surface area contributed by atoms with Crippen molar-refractivity contribution in [1.29, 1.82) is 0 Å². The highest BCUT2D eigenvalue weighted by Gasteiger charge is 2.24. The van der Waals surface area contributed by atoms with Crippen molar-refractivity contribution in [3.63, 3.8) is 0 Å². The van der Waals surface area contributed by atoms with Crippen LogP contribution in [0.2, 0.25) is 0 Å². The molecular formula is C60H119N2O6P. The van der Waals surface area contributed by atoms with Crippen molar-refractivity contribution >= 4 is 13.7 Å². The number of quaternary nitrogens is 1. The lowest BCUT2D eigenvalue weighted by Crippen LogP contribution is -2.46. The van der Waals surface area contributed by atoms with E-state index in [1.165, 1.54) is 231 Å². The predicted molar refractivity (Wildman–Crippen MR) is 298 cm³/mol. The van der Waals surface area contributed by atoms with Gasteiger partial charge in [0, 0.05) is 6.42 Å². The highest BCUT2D eigenvalue weighted by Crippen LogP contribution is 2.38. The lowest BCUT2D eigenvalue weighted by atomic mass is 10.0. The number of aliphatic hydroxyl groups excluding tert-OH is 1. The zero-order valence-corrected chi connectivity index (χ0v) is 47.7. The van der Waals surface area contributed by atoms with E-state index in [4.69, 9.17) is 9.05 Å². The van der Waals surface area contributed by atoms with Crippen molar-refractivity contribution in [2.75, 3.05) is 40.9 Å². The predicted octanol–water partition coefficient (Wildman–Crippen LogP) is 17.7. The third-order valence-electron chi connectivity index (χ3n) is 13.9. The van der Waals surface area contributed by atoms with E-state index in [2.05, 4.69) is 43.5 Å². The molecule has 0 saturated heterocycles. The SMILES string of the molecule is CCCCCCCCCCC/C=C\C/C=C\CCCCCCCCCCCCCCCCCC(=O)NC(COP(=O)([O-])OCC[N+](C)(C)C)C(O)CCCCCCCCCCCCCCCCCC. The molecule has 0 aliphatic carbocycles. The van der Waals surface area contributed by atoms with Crippen LogP contribution < -0.4 is 10.2 Å². The average Bonchev–Trinajstić information content (AvgIpc) is 3.31. The smallest absolute Gasteiger partial charge is 0.268 e. The molecule has 3 atom stereocenters. The van der Waals surface area contributed by atoms with Gasteiger partial charge in [0.05, 0.1) is 39.9 Å². The van der Waals surface area contributed by atoms with E-state index in [1.807, 2.05) is 21.1 Å². The van der Waals surface area contributed by atoms with E-state index in [9.17, 15) is 19.4 Å². The monoisotopic (exact) mass is 995 g/mol. The maximum atomic E-state index is 13.0. The van der Waals surface area contributed by atoms with Crippen LogP contribution in [0, 0.1) is 0 Å². The number of allylic oxidation sites excluding steroid dienone is 4. The minimum Gasteiger partial charge on any atom is -0.756 e. The molecule has 69 heavy (non-hydrogen) atoms. The van der Waals surface area contributed by atoms with Crippen LogP contribution in [-0.2, 0) is 18.4 Å². The molecule has 8 nitrogen and oxygen atoms in total. The number of rotatable bonds is 56. The first kappa shape index (κ1) is 68.0. The Bertz CT molecular complexity index is 1170. The molecule has 0 saturated carbocycles. The second-order valence-electron chi connectivity index (χ2n) is 22.1. The van der Waals surface area contributed by atoms with Crippen molar-refractivity contribution in [2.24, 2.45) is 0 Å². The summed E-state index contributed by atoms with van der Waals surface area (Å²) in [4.78, 5) is 25.5. The van der Waals surface area contributed by atoms with Crippen LogP contribution in [0.1, 0.15) is 303 Å². The Kier molecular flexibility index (Phi) is 51.1. The first-order valence-corrected chi connectivity index (χ1v) is 31.6. The van der Waals surface area contributed by atoms with E-state index in [0.717, 1.165) is 44.9 Å². The third-order valence-corrected chi connectivity index (χ3v) is 14.9. The Morgan fingerprint density at radius 3 is 1.20 bits per heavy atom. The average molecular weight is 996 g/mol. The fourth-order valence-corrected chi connectivity index (χ4v) is 9.91. The quantitative estimate of drug-likeness (QED) is 0.0272. The zero-order valence-electron chi connectivity index (χ0n) is 46.8. The molecule has 0 aromatic carbocycles. The Hall–Kier alpha value is -1.02. The van der Waals surface area contributed by atoms with Gasteiger partial charge in [-0.2, -0.15) is 0 Å². The lowest BCUT2D eigenvalue weighted by molar-refractivity contribution is -0.870. The van der Waals surface area contributed by atoms with Crippen molar-refractivity contribution in [1.82, 2.24) is 5.32 Å². The van der Waals surface area contributed by atoms with Crippen LogP contribution in [0.15, 0.2) is 24.3 Å². The molecule has 0 aliphatic heterocycles. The van der Waals surface area contributed by atoms with Gasteiger partial charge in [0.1, 0.15) is 13.2 Å². The Labute approximate surface area is 430 Å². The van der Waals surface area contributed by atoms with Crippen molar-refractivity contribution in [3.05, 3.63) is 24.3 Å². The van der Waals surface area contributed by atoms with E-state index < -0.39 is 20.0 Å². The highest BCUT2D eigenvalue weighted by atomic mass is 31.2. The molecule has 3 unspecified atom stereocenters. The van der Waals surface area contributed by atoms with E-state index >= 15 is 0 Å². The van der Waals surface area contributed by atoms with Crippen LogP contribution in [0.5, 0.6) is 0 Å². The number of carbonyl (C=O) groups excluding carboxylic acids is 1. The lowest BCUT2D eigenvalue weighted by Gasteiger charge is -2.30. The molecule has 0 rings (SSSR count). The van der Waals surface area contributed by atoms with Crippen LogP contribution in [0.25, 0.3) is 0 Å². The van der Waals surface area contributed by atoms with Crippen molar-refractivity contribution in [2.45, 2.75) is 315 Å². The molecule has 1 amide bonds. The topological polar surface area (TPSA) is 108 Å². The summed E-state index contributed by atoms with van der Waals surface area (Å²) < 4.78 is 23.4. The molecule has 0 aromatic rings. The van der Waals surface area contributed by atoms with Gasteiger partial charge < -0.3 is 28.8 Å². The summed E-state index contributed by atoms with van der Waals surface area (Å²) in [6, 6.07) is -0.799. The van der Waals surface area contributed by atoms with E-state index in [0.29, 0.717) is 23.9 Å². The van der Waals surface area contributed by atoms with Crippen LogP contribution in [0.3, 0.4) is 0 Å². The standard InChI is InChI=1S/C60H119N2O6P/c1-6-8-10-12-14-16-18-20-22-24-25-26-27-28-29-30-31-32-33-34-35-36-37-38-40-42-44-46-48-50-52-54-60(64)61-58(57-68-69(65,66)67-56-55-62(3,4)5)59(63)53-51-49-47-45-43-41-39-23-21-19-17-15-13-11-9-7-2/h25-26,28-29,58-59,63H,6-24,27,30-57H2,1-5H3,(H-,61,64,65,66)/b26-25-,29-28-. The number of nitrogens with zero attached hydrogens (tertiary/aromatic N) is 1. The molecule has 9 heteroatoms. The summed E-state index contributed by atoms with van der Waals surface area (Å²) in [5.41, 5.74) is 0. The Morgan fingerprint density at radius 1 is 0.507 bits per heavy atom. The van der Waals surface area contributed by atoms with Crippen molar-refractivity contribution in [3.8, 4) is 0 Å². The van der Waals surface area contributed by atoms with Gasteiger partial charge in [-0.3, -0.25) is 9.36 Å². The molecule has 0 spiro atoms. The molecule has 0 aromatic heterocycles.